The van der Waals surface area contributed by atoms with Crippen LogP contribution in [-0.4, -0.2) is 21.3 Å². The summed E-state index contributed by atoms with van der Waals surface area (Å²) in [5.74, 6) is 1.40. The summed E-state index contributed by atoms with van der Waals surface area (Å²) in [5.41, 5.74) is 2.87. The van der Waals surface area contributed by atoms with Crippen LogP contribution < -0.4 is 10.1 Å². The van der Waals surface area contributed by atoms with E-state index in [0.717, 1.165) is 40.3 Å². The van der Waals surface area contributed by atoms with Crippen molar-refractivity contribution in [3.63, 3.8) is 0 Å². The highest BCUT2D eigenvalue weighted by Gasteiger charge is 2.15. The quantitative estimate of drug-likeness (QED) is 0.910. The molecule has 0 aliphatic rings. The maximum absolute atomic E-state index is 5.99. The van der Waals surface area contributed by atoms with Crippen LogP contribution in [-0.2, 0) is 13.6 Å². The van der Waals surface area contributed by atoms with E-state index >= 15 is 0 Å². The first-order chi connectivity index (χ1) is 9.52. The Morgan fingerprint density at radius 1 is 1.40 bits per heavy atom. The van der Waals surface area contributed by atoms with Crippen molar-refractivity contribution >= 4 is 15.9 Å². The standard InChI is InChI=1S/C14H19BrN4O/c1-5-16-7-11-6-12(15)8-17-14(11)20-13-9(2)18-19(4)10(13)3/h6,8,16H,5,7H2,1-4H3. The summed E-state index contributed by atoms with van der Waals surface area (Å²) in [7, 11) is 1.91. The molecule has 0 amide bonds. The molecule has 2 heterocycles. The molecule has 0 aliphatic carbocycles. The van der Waals surface area contributed by atoms with Crippen LogP contribution in [0.15, 0.2) is 16.7 Å². The van der Waals surface area contributed by atoms with Gasteiger partial charge in [0.15, 0.2) is 5.75 Å². The normalized spacial score (nSPS) is 10.8. The van der Waals surface area contributed by atoms with E-state index in [0.29, 0.717) is 5.88 Å². The molecule has 0 saturated carbocycles. The fraction of sp³-hybridized carbons (Fsp3) is 0.429. The Hall–Kier alpha value is -1.40. The number of nitrogens with zero attached hydrogens (tertiary/aromatic N) is 3. The molecule has 0 fully saturated rings. The van der Waals surface area contributed by atoms with E-state index in [2.05, 4.69) is 38.3 Å². The average Bonchev–Trinajstić information content (AvgIpc) is 2.65. The van der Waals surface area contributed by atoms with Crippen LogP contribution in [0.5, 0.6) is 11.6 Å². The number of hydrogen-bond donors (Lipinski definition) is 1. The largest absolute Gasteiger partial charge is 0.435 e. The third kappa shape index (κ3) is 3.19. The summed E-state index contributed by atoms with van der Waals surface area (Å²) in [4.78, 5) is 4.37. The molecule has 0 bridgehead atoms. The molecule has 6 heteroatoms. The van der Waals surface area contributed by atoms with Gasteiger partial charge in [0.25, 0.3) is 0 Å². The predicted molar refractivity (Wildman–Crippen MR) is 82.1 cm³/mol. The number of ether oxygens (including phenoxy) is 1. The highest BCUT2D eigenvalue weighted by Crippen LogP contribution is 2.30. The predicted octanol–water partition coefficient (Wildman–Crippen LogP) is 3.10. The van der Waals surface area contributed by atoms with E-state index in [9.17, 15) is 0 Å². The fourth-order valence-corrected chi connectivity index (χ4v) is 2.32. The van der Waals surface area contributed by atoms with Gasteiger partial charge in [0.1, 0.15) is 5.69 Å². The topological polar surface area (TPSA) is 52.0 Å². The van der Waals surface area contributed by atoms with Gasteiger partial charge in [-0.15, -0.1) is 0 Å². The van der Waals surface area contributed by atoms with Crippen molar-refractivity contribution in [1.82, 2.24) is 20.1 Å². The Bertz CT molecular complexity index is 609. The van der Waals surface area contributed by atoms with Crippen molar-refractivity contribution in [3.05, 3.63) is 33.7 Å². The van der Waals surface area contributed by atoms with Crippen molar-refractivity contribution < 1.29 is 4.74 Å². The van der Waals surface area contributed by atoms with Gasteiger partial charge in [-0.05, 0) is 42.4 Å². The molecule has 0 aromatic carbocycles. The van der Waals surface area contributed by atoms with E-state index in [1.165, 1.54) is 0 Å². The first-order valence-corrected chi connectivity index (χ1v) is 7.35. The Kier molecular flexibility index (Phi) is 4.77. The van der Waals surface area contributed by atoms with Crippen LogP contribution in [0.25, 0.3) is 0 Å². The lowest BCUT2D eigenvalue weighted by molar-refractivity contribution is 0.446. The summed E-state index contributed by atoms with van der Waals surface area (Å²) in [6.45, 7) is 7.61. The van der Waals surface area contributed by atoms with Crippen molar-refractivity contribution in [2.24, 2.45) is 7.05 Å². The first kappa shape index (κ1) is 15.0. The number of aryl methyl sites for hydroxylation is 2. The molecule has 0 aliphatic heterocycles. The average molecular weight is 339 g/mol. The SMILES string of the molecule is CCNCc1cc(Br)cnc1Oc1c(C)nn(C)c1C. The molecule has 1 N–H and O–H groups in total. The molecule has 2 aromatic rings. The number of aromatic nitrogens is 3. The van der Waals surface area contributed by atoms with E-state index in [1.54, 1.807) is 6.20 Å². The minimum Gasteiger partial charge on any atom is -0.435 e. The zero-order valence-electron chi connectivity index (χ0n) is 12.2. The number of pyridine rings is 1. The maximum Gasteiger partial charge on any atom is 0.223 e. The lowest BCUT2D eigenvalue weighted by Gasteiger charge is -2.11. The van der Waals surface area contributed by atoms with E-state index in [-0.39, 0.29) is 0 Å². The van der Waals surface area contributed by atoms with Crippen molar-refractivity contribution in [3.8, 4) is 11.6 Å². The van der Waals surface area contributed by atoms with Crippen LogP contribution in [0, 0.1) is 13.8 Å². The van der Waals surface area contributed by atoms with E-state index in [1.807, 2.05) is 31.6 Å². The molecule has 108 valence electrons. The van der Waals surface area contributed by atoms with Gasteiger partial charge in [-0.2, -0.15) is 5.10 Å². The Labute approximate surface area is 127 Å². The molecule has 0 saturated heterocycles. The number of nitrogens with one attached hydrogen (secondary N) is 1. The lowest BCUT2D eigenvalue weighted by Crippen LogP contribution is -2.13. The molecule has 0 radical (unpaired) electrons. The highest BCUT2D eigenvalue weighted by atomic mass is 79.9. The maximum atomic E-state index is 5.99. The van der Waals surface area contributed by atoms with Crippen LogP contribution in [0.4, 0.5) is 0 Å². The fourth-order valence-electron chi connectivity index (χ4n) is 1.95. The van der Waals surface area contributed by atoms with Crippen LogP contribution in [0.1, 0.15) is 23.9 Å². The van der Waals surface area contributed by atoms with Gasteiger partial charge >= 0.3 is 0 Å². The van der Waals surface area contributed by atoms with Gasteiger partial charge in [-0.1, -0.05) is 6.92 Å². The molecule has 0 atom stereocenters. The van der Waals surface area contributed by atoms with Gasteiger partial charge < -0.3 is 10.1 Å². The molecule has 0 unspecified atom stereocenters. The van der Waals surface area contributed by atoms with Crippen LogP contribution >= 0.6 is 15.9 Å². The third-order valence-electron chi connectivity index (χ3n) is 3.10. The molecule has 2 aromatic heterocycles. The van der Waals surface area contributed by atoms with Gasteiger partial charge in [-0.25, -0.2) is 4.98 Å². The number of hydrogen-bond acceptors (Lipinski definition) is 4. The number of halogens is 1. The minimum atomic E-state index is 0.619. The van der Waals surface area contributed by atoms with Gasteiger partial charge in [0.2, 0.25) is 5.88 Å². The Morgan fingerprint density at radius 2 is 2.15 bits per heavy atom. The smallest absolute Gasteiger partial charge is 0.223 e. The summed E-state index contributed by atoms with van der Waals surface area (Å²) >= 11 is 3.44. The summed E-state index contributed by atoms with van der Waals surface area (Å²) in [5, 5.41) is 7.65. The van der Waals surface area contributed by atoms with Crippen LogP contribution in [0.3, 0.4) is 0 Å². The second-order valence-electron chi connectivity index (χ2n) is 4.62. The van der Waals surface area contributed by atoms with Crippen molar-refractivity contribution in [2.75, 3.05) is 6.54 Å². The van der Waals surface area contributed by atoms with Crippen molar-refractivity contribution in [2.45, 2.75) is 27.3 Å². The second kappa shape index (κ2) is 6.37. The molecule has 20 heavy (non-hydrogen) atoms. The summed E-state index contributed by atoms with van der Waals surface area (Å²) < 4.78 is 8.74. The third-order valence-corrected chi connectivity index (χ3v) is 3.53. The zero-order chi connectivity index (χ0) is 14.7. The Balaban J connectivity index is 2.32. The van der Waals surface area contributed by atoms with Crippen molar-refractivity contribution in [1.29, 1.82) is 0 Å². The molecule has 0 spiro atoms. The van der Waals surface area contributed by atoms with E-state index < -0.39 is 0 Å². The lowest BCUT2D eigenvalue weighted by atomic mass is 10.2. The molecule has 5 nitrogen and oxygen atoms in total. The minimum absolute atomic E-state index is 0.619. The van der Waals surface area contributed by atoms with Gasteiger partial charge in [0.05, 0.1) is 5.69 Å². The summed E-state index contributed by atoms with van der Waals surface area (Å²) in [6, 6.07) is 2.02. The number of rotatable bonds is 5. The van der Waals surface area contributed by atoms with Gasteiger partial charge in [0, 0.05) is 29.8 Å². The zero-order valence-corrected chi connectivity index (χ0v) is 13.8. The second-order valence-corrected chi connectivity index (χ2v) is 5.54. The Morgan fingerprint density at radius 3 is 2.75 bits per heavy atom. The summed E-state index contributed by atoms with van der Waals surface area (Å²) in [6.07, 6.45) is 1.74. The molecular weight excluding hydrogens is 320 g/mol. The van der Waals surface area contributed by atoms with Gasteiger partial charge in [-0.3, -0.25) is 4.68 Å². The van der Waals surface area contributed by atoms with Crippen LogP contribution in [0.2, 0.25) is 0 Å². The van der Waals surface area contributed by atoms with E-state index in [4.69, 9.17) is 4.74 Å². The first-order valence-electron chi connectivity index (χ1n) is 6.56. The molecule has 2 rings (SSSR count). The monoisotopic (exact) mass is 338 g/mol. The molecular formula is C14H19BrN4O. The highest BCUT2D eigenvalue weighted by molar-refractivity contribution is 9.10.